The Bertz CT molecular complexity index is 509. The van der Waals surface area contributed by atoms with Crippen molar-refractivity contribution in [2.75, 3.05) is 20.1 Å². The SMILES string of the molecule is CCN(C)C(=O)Cn1nc2c(cc1=O)CNCC2. The monoisotopic (exact) mass is 250 g/mol. The minimum Gasteiger partial charge on any atom is -0.344 e. The lowest BCUT2D eigenvalue weighted by Gasteiger charge is -2.18. The van der Waals surface area contributed by atoms with E-state index in [4.69, 9.17) is 0 Å². The zero-order valence-corrected chi connectivity index (χ0v) is 10.8. The number of aromatic nitrogens is 2. The fourth-order valence-corrected chi connectivity index (χ4v) is 1.90. The van der Waals surface area contributed by atoms with E-state index in [-0.39, 0.29) is 18.0 Å². The molecule has 0 saturated heterocycles. The number of hydrogen-bond donors (Lipinski definition) is 1. The first-order chi connectivity index (χ1) is 8.61. The molecule has 0 unspecified atom stereocenters. The van der Waals surface area contributed by atoms with Crippen molar-refractivity contribution in [1.29, 1.82) is 0 Å². The second kappa shape index (κ2) is 5.30. The van der Waals surface area contributed by atoms with Crippen LogP contribution in [0.25, 0.3) is 0 Å². The molecule has 0 fully saturated rings. The maximum absolute atomic E-state index is 11.8. The minimum absolute atomic E-state index is 0.0177. The molecule has 1 aliphatic heterocycles. The van der Waals surface area contributed by atoms with Gasteiger partial charge in [0.1, 0.15) is 6.54 Å². The first-order valence-corrected chi connectivity index (χ1v) is 6.16. The molecule has 18 heavy (non-hydrogen) atoms. The number of amides is 1. The highest BCUT2D eigenvalue weighted by Crippen LogP contribution is 2.07. The molecule has 6 heteroatoms. The highest BCUT2D eigenvalue weighted by Gasteiger charge is 2.15. The van der Waals surface area contributed by atoms with Gasteiger partial charge < -0.3 is 10.2 Å². The maximum atomic E-state index is 11.8. The van der Waals surface area contributed by atoms with Crippen molar-refractivity contribution in [2.45, 2.75) is 26.4 Å². The van der Waals surface area contributed by atoms with Gasteiger partial charge in [-0.2, -0.15) is 5.10 Å². The molecular weight excluding hydrogens is 232 g/mol. The van der Waals surface area contributed by atoms with Crippen molar-refractivity contribution in [3.63, 3.8) is 0 Å². The van der Waals surface area contributed by atoms with Crippen molar-refractivity contribution in [2.24, 2.45) is 0 Å². The second-order valence-electron chi connectivity index (χ2n) is 4.45. The molecule has 0 aromatic carbocycles. The van der Waals surface area contributed by atoms with Gasteiger partial charge >= 0.3 is 0 Å². The number of fused-ring (bicyclic) bond motifs is 1. The number of nitrogens with zero attached hydrogens (tertiary/aromatic N) is 3. The van der Waals surface area contributed by atoms with Crippen LogP contribution in [0.1, 0.15) is 18.2 Å². The normalized spacial score (nSPS) is 14.1. The average Bonchev–Trinajstić information content (AvgIpc) is 2.38. The number of carbonyl (C=O) groups is 1. The summed E-state index contributed by atoms with van der Waals surface area (Å²) in [6.45, 7) is 4.08. The van der Waals surface area contributed by atoms with E-state index in [9.17, 15) is 9.59 Å². The summed E-state index contributed by atoms with van der Waals surface area (Å²) < 4.78 is 1.26. The van der Waals surface area contributed by atoms with E-state index in [1.807, 2.05) is 6.92 Å². The number of likely N-dealkylation sites (N-methyl/N-ethyl adjacent to an activating group) is 1. The van der Waals surface area contributed by atoms with Crippen molar-refractivity contribution >= 4 is 5.91 Å². The third kappa shape index (κ3) is 2.59. The Morgan fingerprint density at radius 1 is 1.61 bits per heavy atom. The van der Waals surface area contributed by atoms with Gasteiger partial charge in [0.2, 0.25) is 5.91 Å². The van der Waals surface area contributed by atoms with Gasteiger partial charge in [0.05, 0.1) is 5.69 Å². The van der Waals surface area contributed by atoms with Gasteiger partial charge in [0.25, 0.3) is 5.56 Å². The molecule has 2 rings (SSSR count). The molecule has 1 aliphatic rings. The number of rotatable bonds is 3. The Balaban J connectivity index is 2.23. The summed E-state index contributed by atoms with van der Waals surface area (Å²) in [5.74, 6) is -0.0963. The number of carbonyl (C=O) groups excluding carboxylic acids is 1. The van der Waals surface area contributed by atoms with E-state index < -0.39 is 0 Å². The van der Waals surface area contributed by atoms with Gasteiger partial charge in [-0.25, -0.2) is 4.68 Å². The predicted octanol–water partition coefficient (Wildman–Crippen LogP) is -0.633. The Kier molecular flexibility index (Phi) is 3.76. The van der Waals surface area contributed by atoms with Crippen LogP contribution < -0.4 is 10.9 Å². The molecule has 1 aromatic heterocycles. The fourth-order valence-electron chi connectivity index (χ4n) is 1.90. The molecule has 0 aliphatic carbocycles. The van der Waals surface area contributed by atoms with E-state index in [1.165, 1.54) is 4.68 Å². The van der Waals surface area contributed by atoms with Crippen LogP contribution in [-0.4, -0.2) is 40.7 Å². The van der Waals surface area contributed by atoms with Crippen molar-refractivity contribution in [3.05, 3.63) is 27.7 Å². The minimum atomic E-state index is -0.213. The van der Waals surface area contributed by atoms with Gasteiger partial charge in [0, 0.05) is 39.2 Å². The Morgan fingerprint density at radius 2 is 2.39 bits per heavy atom. The number of nitrogens with one attached hydrogen (secondary N) is 1. The topological polar surface area (TPSA) is 67.2 Å². The molecule has 1 amide bonds. The molecule has 0 bridgehead atoms. The zero-order chi connectivity index (χ0) is 13.1. The van der Waals surface area contributed by atoms with Crippen LogP contribution in [0.5, 0.6) is 0 Å². The highest BCUT2D eigenvalue weighted by molar-refractivity contribution is 5.75. The van der Waals surface area contributed by atoms with Crippen LogP contribution in [0.2, 0.25) is 0 Å². The lowest BCUT2D eigenvalue weighted by atomic mass is 10.1. The van der Waals surface area contributed by atoms with Crippen LogP contribution in [0, 0.1) is 0 Å². The average molecular weight is 250 g/mol. The summed E-state index contributed by atoms with van der Waals surface area (Å²) in [6.07, 6.45) is 0.799. The Hall–Kier alpha value is -1.69. The summed E-state index contributed by atoms with van der Waals surface area (Å²) in [6, 6.07) is 1.58. The van der Waals surface area contributed by atoms with E-state index in [0.717, 1.165) is 24.2 Å². The Morgan fingerprint density at radius 3 is 3.11 bits per heavy atom. The fraction of sp³-hybridized carbons (Fsp3) is 0.583. The van der Waals surface area contributed by atoms with Gasteiger partial charge in [-0.15, -0.1) is 0 Å². The zero-order valence-electron chi connectivity index (χ0n) is 10.8. The van der Waals surface area contributed by atoms with Gasteiger partial charge in [0.15, 0.2) is 0 Å². The summed E-state index contributed by atoms with van der Waals surface area (Å²) in [4.78, 5) is 25.2. The largest absolute Gasteiger partial charge is 0.344 e. The molecule has 2 heterocycles. The number of hydrogen-bond acceptors (Lipinski definition) is 4. The third-order valence-corrected chi connectivity index (χ3v) is 3.20. The van der Waals surface area contributed by atoms with Gasteiger partial charge in [-0.05, 0) is 12.5 Å². The van der Waals surface area contributed by atoms with Gasteiger partial charge in [-0.3, -0.25) is 9.59 Å². The molecule has 0 saturated carbocycles. The second-order valence-corrected chi connectivity index (χ2v) is 4.45. The lowest BCUT2D eigenvalue weighted by molar-refractivity contribution is -0.130. The predicted molar refractivity (Wildman–Crippen MR) is 67.2 cm³/mol. The van der Waals surface area contributed by atoms with Crippen LogP contribution in [0.4, 0.5) is 0 Å². The first-order valence-electron chi connectivity index (χ1n) is 6.16. The van der Waals surface area contributed by atoms with Crippen LogP contribution in [0.15, 0.2) is 10.9 Å². The molecule has 0 atom stereocenters. The Labute approximate surface area is 106 Å². The lowest BCUT2D eigenvalue weighted by Crippen LogP contribution is -2.37. The highest BCUT2D eigenvalue weighted by atomic mass is 16.2. The van der Waals surface area contributed by atoms with Crippen LogP contribution in [-0.2, 0) is 24.3 Å². The maximum Gasteiger partial charge on any atom is 0.267 e. The molecule has 98 valence electrons. The van der Waals surface area contributed by atoms with Crippen LogP contribution in [0.3, 0.4) is 0 Å². The van der Waals surface area contributed by atoms with Gasteiger partial charge in [-0.1, -0.05) is 0 Å². The third-order valence-electron chi connectivity index (χ3n) is 3.20. The van der Waals surface area contributed by atoms with E-state index in [0.29, 0.717) is 13.1 Å². The molecular formula is C12H18N4O2. The molecule has 6 nitrogen and oxygen atoms in total. The molecule has 0 spiro atoms. The summed E-state index contributed by atoms with van der Waals surface area (Å²) in [7, 11) is 1.72. The van der Waals surface area contributed by atoms with E-state index in [2.05, 4.69) is 10.4 Å². The summed E-state index contributed by atoms with van der Waals surface area (Å²) in [5.41, 5.74) is 1.65. The molecule has 1 aromatic rings. The van der Waals surface area contributed by atoms with E-state index >= 15 is 0 Å². The smallest absolute Gasteiger partial charge is 0.267 e. The standard InChI is InChI=1S/C12H18N4O2/c1-3-15(2)12(18)8-16-11(17)6-9-7-13-5-4-10(9)14-16/h6,13H,3-5,7-8H2,1-2H3. The van der Waals surface area contributed by atoms with Crippen molar-refractivity contribution in [3.8, 4) is 0 Å². The molecule has 1 N–H and O–H groups in total. The van der Waals surface area contributed by atoms with Crippen molar-refractivity contribution < 1.29 is 4.79 Å². The molecule has 0 radical (unpaired) electrons. The summed E-state index contributed by atoms with van der Waals surface area (Å²) >= 11 is 0. The summed E-state index contributed by atoms with van der Waals surface area (Å²) in [5, 5.41) is 7.48. The quantitative estimate of drug-likeness (QED) is 0.775. The van der Waals surface area contributed by atoms with E-state index in [1.54, 1.807) is 18.0 Å². The first kappa shape index (κ1) is 12.8. The van der Waals surface area contributed by atoms with Crippen LogP contribution >= 0.6 is 0 Å². The van der Waals surface area contributed by atoms with Crippen molar-refractivity contribution in [1.82, 2.24) is 20.0 Å².